The highest BCUT2D eigenvalue weighted by molar-refractivity contribution is 7.80. The minimum atomic E-state index is -3.38. The van der Waals surface area contributed by atoms with E-state index in [9.17, 15) is 4.57 Å². The van der Waals surface area contributed by atoms with Crippen LogP contribution in [0.2, 0.25) is 0 Å². The van der Waals surface area contributed by atoms with Gasteiger partial charge in [-0.25, -0.2) is 4.57 Å². The fourth-order valence-corrected chi connectivity index (χ4v) is 3.15. The average molecular weight is 326 g/mol. The first-order chi connectivity index (χ1) is 9.68. The first-order valence-corrected chi connectivity index (χ1v) is 9.92. The first-order valence-electron chi connectivity index (χ1n) is 7.83. The van der Waals surface area contributed by atoms with Crippen LogP contribution >= 0.6 is 20.5 Å². The van der Waals surface area contributed by atoms with Crippen molar-refractivity contribution >= 4 is 20.5 Å². The molecule has 0 bridgehead atoms. The molecule has 0 aromatic rings. The quantitative estimate of drug-likeness (QED) is 0.254. The lowest BCUT2D eigenvalue weighted by atomic mass is 10.2. The van der Waals surface area contributed by atoms with Crippen molar-refractivity contribution in [1.82, 2.24) is 0 Å². The molecule has 4 nitrogen and oxygen atoms in total. The Morgan fingerprint density at radius 1 is 0.750 bits per heavy atom. The Kier molecular flexibility index (Phi) is 14.7. The number of rotatable bonds is 15. The van der Waals surface area contributed by atoms with Crippen LogP contribution in [0, 0.1) is 0 Å². The van der Waals surface area contributed by atoms with E-state index in [-0.39, 0.29) is 6.61 Å². The van der Waals surface area contributed by atoms with E-state index >= 15 is 0 Å². The van der Waals surface area contributed by atoms with Gasteiger partial charge in [-0.2, -0.15) is 12.6 Å². The zero-order chi connectivity index (χ0) is 15.1. The van der Waals surface area contributed by atoms with Gasteiger partial charge in [-0.3, -0.25) is 13.6 Å². The lowest BCUT2D eigenvalue weighted by Gasteiger charge is -2.17. The maximum atomic E-state index is 12.3. The molecular formula is C14H31O4PS. The number of unbranched alkanes of at least 4 members (excludes halogenated alkanes) is 6. The molecule has 0 N–H and O–H groups in total. The molecule has 0 aliphatic heterocycles. The highest BCUT2D eigenvalue weighted by Gasteiger charge is 2.25. The van der Waals surface area contributed by atoms with Crippen LogP contribution in [0.3, 0.4) is 0 Å². The summed E-state index contributed by atoms with van der Waals surface area (Å²) in [6.07, 6.45) is 8.62. The summed E-state index contributed by atoms with van der Waals surface area (Å²) in [6, 6.07) is 0. The van der Waals surface area contributed by atoms with Crippen LogP contribution in [-0.2, 0) is 18.1 Å². The Hall–Kier alpha value is 0.460. The van der Waals surface area contributed by atoms with Crippen LogP contribution in [0.4, 0.5) is 0 Å². The van der Waals surface area contributed by atoms with E-state index in [1.807, 2.05) is 0 Å². The predicted molar refractivity (Wildman–Crippen MR) is 87.6 cm³/mol. The van der Waals surface area contributed by atoms with Crippen LogP contribution in [0.1, 0.15) is 65.2 Å². The number of hydrogen-bond donors (Lipinski definition) is 1. The van der Waals surface area contributed by atoms with Crippen molar-refractivity contribution in [2.45, 2.75) is 65.2 Å². The van der Waals surface area contributed by atoms with Crippen molar-refractivity contribution < 1.29 is 18.1 Å². The van der Waals surface area contributed by atoms with Crippen LogP contribution in [0.15, 0.2) is 0 Å². The molecule has 0 heterocycles. The molecular weight excluding hydrogens is 295 g/mol. The van der Waals surface area contributed by atoms with Gasteiger partial charge in [0.15, 0.2) is 0 Å². The fraction of sp³-hybridized carbons (Fsp3) is 1.00. The molecule has 0 atom stereocenters. The zero-order valence-electron chi connectivity index (χ0n) is 13.0. The van der Waals surface area contributed by atoms with E-state index in [1.54, 1.807) is 0 Å². The van der Waals surface area contributed by atoms with Crippen molar-refractivity contribution in [3.63, 3.8) is 0 Å². The van der Waals surface area contributed by atoms with Gasteiger partial charge < -0.3 is 0 Å². The lowest BCUT2D eigenvalue weighted by molar-refractivity contribution is 0.115. The molecule has 0 fully saturated rings. The summed E-state index contributed by atoms with van der Waals surface area (Å²) in [4.78, 5) is 0. The SMILES string of the molecule is CCCCCCOP(=O)(OCCS)OCCCCCC. The summed E-state index contributed by atoms with van der Waals surface area (Å²) in [5.74, 6) is 0.502. The van der Waals surface area contributed by atoms with Crippen LogP contribution in [0.25, 0.3) is 0 Å². The molecule has 0 aliphatic carbocycles. The third-order valence-electron chi connectivity index (χ3n) is 2.84. The van der Waals surface area contributed by atoms with Gasteiger partial charge in [-0.1, -0.05) is 52.4 Å². The predicted octanol–water partition coefficient (Wildman–Crippen LogP) is 5.23. The van der Waals surface area contributed by atoms with Gasteiger partial charge >= 0.3 is 7.82 Å². The van der Waals surface area contributed by atoms with Gasteiger partial charge in [0.2, 0.25) is 0 Å². The highest BCUT2D eigenvalue weighted by Crippen LogP contribution is 2.49. The second-order valence-corrected chi connectivity index (χ2v) is 6.91. The molecule has 0 unspecified atom stereocenters. The number of hydrogen-bond acceptors (Lipinski definition) is 5. The van der Waals surface area contributed by atoms with Gasteiger partial charge in [0, 0.05) is 5.75 Å². The molecule has 0 saturated heterocycles. The molecule has 0 saturated carbocycles. The molecule has 0 spiro atoms. The van der Waals surface area contributed by atoms with Crippen molar-refractivity contribution in [2.24, 2.45) is 0 Å². The number of phosphoric acid groups is 1. The Labute approximate surface area is 130 Å². The molecule has 0 radical (unpaired) electrons. The topological polar surface area (TPSA) is 44.8 Å². The molecule has 6 heteroatoms. The molecule has 0 aromatic heterocycles. The zero-order valence-corrected chi connectivity index (χ0v) is 14.8. The Morgan fingerprint density at radius 3 is 1.60 bits per heavy atom. The fourth-order valence-electron chi connectivity index (χ4n) is 1.67. The van der Waals surface area contributed by atoms with Crippen molar-refractivity contribution in [3.8, 4) is 0 Å². The summed E-state index contributed by atoms with van der Waals surface area (Å²) in [5.41, 5.74) is 0. The van der Waals surface area contributed by atoms with Crippen LogP contribution in [-0.4, -0.2) is 25.6 Å². The van der Waals surface area contributed by atoms with E-state index in [0.717, 1.165) is 25.7 Å². The maximum Gasteiger partial charge on any atom is 0.474 e. The van der Waals surface area contributed by atoms with Gasteiger partial charge in [-0.05, 0) is 12.8 Å². The molecule has 0 rings (SSSR count). The minimum absolute atomic E-state index is 0.282. The first kappa shape index (κ1) is 20.5. The number of phosphoric ester groups is 1. The summed E-state index contributed by atoms with van der Waals surface area (Å²) < 4.78 is 28.3. The van der Waals surface area contributed by atoms with Crippen molar-refractivity contribution in [2.75, 3.05) is 25.6 Å². The molecule has 0 aromatic carbocycles. The molecule has 122 valence electrons. The van der Waals surface area contributed by atoms with Gasteiger partial charge in [0.1, 0.15) is 0 Å². The largest absolute Gasteiger partial charge is 0.474 e. The van der Waals surface area contributed by atoms with Gasteiger partial charge in [-0.15, -0.1) is 0 Å². The average Bonchev–Trinajstić information content (AvgIpc) is 2.45. The maximum absolute atomic E-state index is 12.3. The van der Waals surface area contributed by atoms with E-state index in [2.05, 4.69) is 26.5 Å². The summed E-state index contributed by atoms with van der Waals surface area (Å²) >= 11 is 4.05. The lowest BCUT2D eigenvalue weighted by Crippen LogP contribution is -2.04. The second-order valence-electron chi connectivity index (χ2n) is 4.79. The van der Waals surface area contributed by atoms with Gasteiger partial charge in [0.25, 0.3) is 0 Å². The normalized spacial score (nSPS) is 11.9. The summed E-state index contributed by atoms with van der Waals surface area (Å²) in [7, 11) is -3.38. The summed E-state index contributed by atoms with van der Waals surface area (Å²) in [6.45, 7) is 5.45. The standard InChI is InChI=1S/C14H31O4PS/c1-3-5-7-9-11-16-19(15,18-13-14-20)17-12-10-8-6-4-2/h20H,3-14H2,1-2H3. The second kappa shape index (κ2) is 14.4. The Bertz CT molecular complexity index is 233. The summed E-state index contributed by atoms with van der Waals surface area (Å²) in [5, 5.41) is 0. The van der Waals surface area contributed by atoms with Crippen LogP contribution in [0.5, 0.6) is 0 Å². The van der Waals surface area contributed by atoms with Crippen molar-refractivity contribution in [1.29, 1.82) is 0 Å². The third-order valence-corrected chi connectivity index (χ3v) is 4.51. The monoisotopic (exact) mass is 326 g/mol. The smallest absolute Gasteiger partial charge is 0.287 e. The van der Waals surface area contributed by atoms with Crippen molar-refractivity contribution in [3.05, 3.63) is 0 Å². The minimum Gasteiger partial charge on any atom is -0.287 e. The van der Waals surface area contributed by atoms with E-state index in [0.29, 0.717) is 19.0 Å². The van der Waals surface area contributed by atoms with E-state index in [4.69, 9.17) is 13.6 Å². The Balaban J connectivity index is 3.91. The van der Waals surface area contributed by atoms with E-state index in [1.165, 1.54) is 25.7 Å². The van der Waals surface area contributed by atoms with Gasteiger partial charge in [0.05, 0.1) is 19.8 Å². The highest BCUT2D eigenvalue weighted by atomic mass is 32.1. The Morgan fingerprint density at radius 2 is 1.20 bits per heavy atom. The van der Waals surface area contributed by atoms with E-state index < -0.39 is 7.82 Å². The number of thiol groups is 1. The molecule has 20 heavy (non-hydrogen) atoms. The van der Waals surface area contributed by atoms with Crippen LogP contribution < -0.4 is 0 Å². The third kappa shape index (κ3) is 12.2. The molecule has 0 amide bonds. The molecule has 0 aliphatic rings.